The maximum atomic E-state index is 13.0. The van der Waals surface area contributed by atoms with Crippen LogP contribution in [0.5, 0.6) is 0 Å². The Balaban J connectivity index is 0.00000176. The molecule has 2 aromatic rings. The second-order valence-corrected chi connectivity index (χ2v) is 6.28. The summed E-state index contributed by atoms with van der Waals surface area (Å²) in [6.45, 7) is 1.30. The summed E-state index contributed by atoms with van der Waals surface area (Å²) >= 11 is 1.44. The lowest BCUT2D eigenvalue weighted by atomic mass is 10.2. The van der Waals surface area contributed by atoms with E-state index in [0.29, 0.717) is 6.54 Å². The van der Waals surface area contributed by atoms with Crippen LogP contribution in [-0.2, 0) is 0 Å². The minimum Gasteiger partial charge on any atom is -0.334 e. The van der Waals surface area contributed by atoms with Gasteiger partial charge >= 0.3 is 0 Å². The molecule has 22 heavy (non-hydrogen) atoms. The molecule has 0 bridgehead atoms. The van der Waals surface area contributed by atoms with Crippen LogP contribution in [-0.4, -0.2) is 29.9 Å². The van der Waals surface area contributed by atoms with Crippen molar-refractivity contribution in [2.45, 2.75) is 18.9 Å². The van der Waals surface area contributed by atoms with Crippen LogP contribution in [0.1, 0.15) is 22.5 Å². The molecule has 2 N–H and O–H groups in total. The van der Waals surface area contributed by atoms with E-state index in [1.807, 2.05) is 17.0 Å². The largest absolute Gasteiger partial charge is 0.334 e. The first-order valence-electron chi connectivity index (χ1n) is 7.06. The van der Waals surface area contributed by atoms with Gasteiger partial charge in [0.1, 0.15) is 5.82 Å². The molecule has 1 aromatic heterocycles. The van der Waals surface area contributed by atoms with Gasteiger partial charge < -0.3 is 10.6 Å². The zero-order valence-electron chi connectivity index (χ0n) is 12.0. The summed E-state index contributed by atoms with van der Waals surface area (Å²) in [4.78, 5) is 16.1. The van der Waals surface area contributed by atoms with Crippen molar-refractivity contribution >= 4 is 29.7 Å². The summed E-state index contributed by atoms with van der Waals surface area (Å²) in [5.41, 5.74) is 6.65. The lowest BCUT2D eigenvalue weighted by Gasteiger charge is -2.22. The van der Waals surface area contributed by atoms with Gasteiger partial charge in [-0.3, -0.25) is 4.79 Å². The normalized spacial score (nSPS) is 17.4. The lowest BCUT2D eigenvalue weighted by molar-refractivity contribution is 0.0746. The van der Waals surface area contributed by atoms with Gasteiger partial charge in [0.05, 0.1) is 4.88 Å². The molecule has 1 saturated heterocycles. The van der Waals surface area contributed by atoms with Gasteiger partial charge in [0.15, 0.2) is 0 Å². The molecule has 6 heteroatoms. The van der Waals surface area contributed by atoms with Gasteiger partial charge in [0, 0.05) is 24.0 Å². The Hall–Kier alpha value is -1.43. The molecule has 0 radical (unpaired) electrons. The van der Waals surface area contributed by atoms with Crippen LogP contribution in [0, 0.1) is 5.82 Å². The second-order valence-electron chi connectivity index (χ2n) is 5.20. The summed E-state index contributed by atoms with van der Waals surface area (Å²) in [7, 11) is 0. The highest BCUT2D eigenvalue weighted by Gasteiger charge is 2.29. The molecule has 2 heterocycles. The van der Waals surface area contributed by atoms with Gasteiger partial charge in [0.25, 0.3) is 5.91 Å². The molecule has 1 amide bonds. The van der Waals surface area contributed by atoms with Crippen LogP contribution in [0.15, 0.2) is 36.4 Å². The van der Waals surface area contributed by atoms with Crippen molar-refractivity contribution in [1.82, 2.24) is 4.90 Å². The summed E-state index contributed by atoms with van der Waals surface area (Å²) < 4.78 is 13.0. The number of likely N-dealkylation sites (tertiary alicyclic amines) is 1. The van der Waals surface area contributed by atoms with Gasteiger partial charge in [-0.2, -0.15) is 0 Å². The quantitative estimate of drug-likeness (QED) is 0.929. The van der Waals surface area contributed by atoms with E-state index in [4.69, 9.17) is 5.73 Å². The molecular weight excluding hydrogens is 323 g/mol. The number of halogens is 2. The van der Waals surface area contributed by atoms with Crippen LogP contribution in [0.25, 0.3) is 10.4 Å². The predicted octanol–water partition coefficient (Wildman–Crippen LogP) is 3.54. The van der Waals surface area contributed by atoms with Crippen molar-refractivity contribution in [3.63, 3.8) is 0 Å². The number of thiophene rings is 1. The van der Waals surface area contributed by atoms with Gasteiger partial charge in [-0.25, -0.2) is 4.39 Å². The first-order chi connectivity index (χ1) is 10.2. The Morgan fingerprint density at radius 1 is 1.27 bits per heavy atom. The fourth-order valence-electron chi connectivity index (χ4n) is 2.71. The van der Waals surface area contributed by atoms with Crippen LogP contribution in [0.4, 0.5) is 4.39 Å². The zero-order valence-corrected chi connectivity index (χ0v) is 13.6. The molecular formula is C16H18ClFN2OS. The highest BCUT2D eigenvalue weighted by molar-refractivity contribution is 7.17. The van der Waals surface area contributed by atoms with Crippen LogP contribution in [0.3, 0.4) is 0 Å². The topological polar surface area (TPSA) is 46.3 Å². The Bertz CT molecular complexity index is 644. The molecule has 1 unspecified atom stereocenters. The third-order valence-electron chi connectivity index (χ3n) is 3.86. The van der Waals surface area contributed by atoms with E-state index >= 15 is 0 Å². The number of nitrogens with zero attached hydrogens (tertiary/aromatic N) is 1. The van der Waals surface area contributed by atoms with E-state index in [1.54, 1.807) is 12.1 Å². The van der Waals surface area contributed by atoms with Crippen LogP contribution >= 0.6 is 23.7 Å². The monoisotopic (exact) mass is 340 g/mol. The summed E-state index contributed by atoms with van der Waals surface area (Å²) in [5, 5.41) is 0. The van der Waals surface area contributed by atoms with Gasteiger partial charge in [-0.15, -0.1) is 23.7 Å². The molecule has 0 saturated carbocycles. The maximum absolute atomic E-state index is 13.0. The Morgan fingerprint density at radius 3 is 2.68 bits per heavy atom. The summed E-state index contributed by atoms with van der Waals surface area (Å²) in [5.74, 6) is -0.198. The first kappa shape index (κ1) is 16.9. The fourth-order valence-corrected chi connectivity index (χ4v) is 3.68. The number of rotatable bonds is 3. The zero-order chi connectivity index (χ0) is 14.8. The molecule has 1 fully saturated rings. The first-order valence-corrected chi connectivity index (χ1v) is 7.87. The SMILES string of the molecule is Cl.NCC1CCCN1C(=O)c1ccc(-c2ccc(F)cc2)s1. The number of carbonyl (C=O) groups excluding carboxylic acids is 1. The van der Waals surface area contributed by atoms with Gasteiger partial charge in [-0.1, -0.05) is 12.1 Å². The minimum atomic E-state index is -0.255. The standard InChI is InChI=1S/C16H17FN2OS.ClH/c17-12-5-3-11(4-6-12)14-7-8-15(21-14)16(20)19-9-1-2-13(19)10-18;/h3-8,13H,1-2,9-10,18H2;1H. The Kier molecular flexibility index (Phi) is 5.56. The second kappa shape index (κ2) is 7.22. The minimum absolute atomic E-state index is 0. The van der Waals surface area contributed by atoms with E-state index in [9.17, 15) is 9.18 Å². The van der Waals surface area contributed by atoms with E-state index in [1.165, 1.54) is 23.5 Å². The van der Waals surface area contributed by atoms with Gasteiger partial charge in [0.2, 0.25) is 0 Å². The number of hydrogen-bond donors (Lipinski definition) is 1. The average molecular weight is 341 g/mol. The number of benzene rings is 1. The molecule has 1 aliphatic rings. The lowest BCUT2D eigenvalue weighted by Crippen LogP contribution is -2.39. The van der Waals surface area contributed by atoms with Crippen LogP contribution < -0.4 is 5.73 Å². The van der Waals surface area contributed by atoms with Crippen LogP contribution in [0.2, 0.25) is 0 Å². The highest BCUT2D eigenvalue weighted by Crippen LogP contribution is 2.30. The van der Waals surface area contributed by atoms with Crippen molar-refractivity contribution in [2.24, 2.45) is 5.73 Å². The third-order valence-corrected chi connectivity index (χ3v) is 4.98. The number of hydrogen-bond acceptors (Lipinski definition) is 3. The van der Waals surface area contributed by atoms with E-state index < -0.39 is 0 Å². The molecule has 0 aliphatic carbocycles. The molecule has 1 aliphatic heterocycles. The molecule has 1 atom stereocenters. The molecule has 0 spiro atoms. The van der Waals surface area contributed by atoms with Crippen molar-refractivity contribution in [3.05, 3.63) is 47.1 Å². The smallest absolute Gasteiger partial charge is 0.264 e. The van der Waals surface area contributed by atoms with E-state index in [2.05, 4.69) is 0 Å². The third kappa shape index (κ3) is 3.32. The van der Waals surface area contributed by atoms with Gasteiger partial charge in [-0.05, 0) is 42.7 Å². The predicted molar refractivity (Wildman–Crippen MR) is 90.1 cm³/mol. The molecule has 118 valence electrons. The van der Waals surface area contributed by atoms with E-state index in [0.717, 1.165) is 34.7 Å². The maximum Gasteiger partial charge on any atom is 0.264 e. The highest BCUT2D eigenvalue weighted by atomic mass is 35.5. The molecule has 3 rings (SSSR count). The fraction of sp³-hybridized carbons (Fsp3) is 0.312. The Morgan fingerprint density at radius 2 is 2.00 bits per heavy atom. The van der Waals surface area contributed by atoms with Crippen molar-refractivity contribution < 1.29 is 9.18 Å². The molecule has 3 nitrogen and oxygen atoms in total. The van der Waals surface area contributed by atoms with Crippen molar-refractivity contribution in [1.29, 1.82) is 0 Å². The van der Waals surface area contributed by atoms with Crippen molar-refractivity contribution in [2.75, 3.05) is 13.1 Å². The summed E-state index contributed by atoms with van der Waals surface area (Å²) in [6, 6.07) is 10.2. The molecule has 1 aromatic carbocycles. The summed E-state index contributed by atoms with van der Waals surface area (Å²) in [6.07, 6.45) is 2.00. The number of nitrogens with two attached hydrogens (primary N) is 1. The Labute approximate surface area is 139 Å². The number of amides is 1. The number of carbonyl (C=O) groups is 1. The van der Waals surface area contributed by atoms with Crippen molar-refractivity contribution in [3.8, 4) is 10.4 Å². The van der Waals surface area contributed by atoms with E-state index in [-0.39, 0.29) is 30.2 Å². The average Bonchev–Trinajstić information content (AvgIpc) is 3.16.